The molecule has 1 unspecified atom stereocenters. The molecule has 0 fully saturated rings. The molecule has 0 aromatic heterocycles. The summed E-state index contributed by atoms with van der Waals surface area (Å²) in [7, 11) is 5.46. The van der Waals surface area contributed by atoms with Gasteiger partial charge < -0.3 is 19.7 Å². The Kier molecular flexibility index (Phi) is 7.92. The van der Waals surface area contributed by atoms with Gasteiger partial charge in [-0.3, -0.25) is 0 Å². The smallest absolute Gasteiger partial charge is 0.0663 e. The van der Waals surface area contributed by atoms with Gasteiger partial charge in [0.25, 0.3) is 0 Å². The van der Waals surface area contributed by atoms with Crippen LogP contribution in [0, 0.1) is 0 Å². The molecule has 0 saturated heterocycles. The Balaban J connectivity index is 2.81. The van der Waals surface area contributed by atoms with E-state index < -0.39 is 0 Å². The van der Waals surface area contributed by atoms with E-state index in [1.807, 2.05) is 19.2 Å². The van der Waals surface area contributed by atoms with Crippen molar-refractivity contribution in [2.75, 3.05) is 45.9 Å². The zero-order chi connectivity index (χ0) is 15.0. The lowest BCUT2D eigenvalue weighted by molar-refractivity contribution is 0.183. The summed E-state index contributed by atoms with van der Waals surface area (Å²) in [6.07, 6.45) is 0. The Labute approximate surface area is 127 Å². The van der Waals surface area contributed by atoms with Gasteiger partial charge in [0.15, 0.2) is 0 Å². The second-order valence-corrected chi connectivity index (χ2v) is 5.24. The van der Waals surface area contributed by atoms with Crippen molar-refractivity contribution in [2.24, 2.45) is 0 Å². The largest absolute Gasteiger partial charge is 0.383 e. The van der Waals surface area contributed by atoms with Crippen molar-refractivity contribution in [3.63, 3.8) is 0 Å². The minimum Gasteiger partial charge on any atom is -0.383 e. The van der Waals surface area contributed by atoms with Crippen LogP contribution >= 0.6 is 11.6 Å². The van der Waals surface area contributed by atoms with Crippen molar-refractivity contribution in [3.05, 3.63) is 28.8 Å². The van der Waals surface area contributed by atoms with Gasteiger partial charge in [0.1, 0.15) is 0 Å². The molecular formula is C15H25ClN2O2. The molecule has 0 amide bonds. The van der Waals surface area contributed by atoms with Crippen LogP contribution in [-0.2, 0) is 16.0 Å². The van der Waals surface area contributed by atoms with Crippen LogP contribution in [0.2, 0.25) is 5.02 Å². The topological polar surface area (TPSA) is 33.7 Å². The van der Waals surface area contributed by atoms with E-state index in [0.717, 1.165) is 23.8 Å². The molecule has 0 spiro atoms. The van der Waals surface area contributed by atoms with Gasteiger partial charge in [-0.25, -0.2) is 0 Å². The van der Waals surface area contributed by atoms with Gasteiger partial charge >= 0.3 is 0 Å². The summed E-state index contributed by atoms with van der Waals surface area (Å²) >= 11 is 6.37. The van der Waals surface area contributed by atoms with Crippen LogP contribution in [0.25, 0.3) is 0 Å². The fraction of sp³-hybridized carbons (Fsp3) is 0.600. The Hall–Kier alpha value is -0.810. The zero-order valence-electron chi connectivity index (χ0n) is 12.8. The number of hydrogen-bond acceptors (Lipinski definition) is 4. The lowest BCUT2D eigenvalue weighted by atomic mass is 10.1. The maximum Gasteiger partial charge on any atom is 0.0663 e. The standard InChI is InChI=1S/C15H25ClN2O2/c1-12(11-20-4)18(2)15-13(6-5-7-14(15)16)10-17-8-9-19-3/h5-7,12,17H,8-11H2,1-4H3. The van der Waals surface area contributed by atoms with E-state index in [-0.39, 0.29) is 6.04 Å². The molecule has 1 N–H and O–H groups in total. The third-order valence-electron chi connectivity index (χ3n) is 3.29. The van der Waals surface area contributed by atoms with E-state index >= 15 is 0 Å². The molecule has 1 aromatic rings. The predicted molar refractivity (Wildman–Crippen MR) is 84.8 cm³/mol. The second kappa shape index (κ2) is 9.19. The highest BCUT2D eigenvalue weighted by Crippen LogP contribution is 2.30. The monoisotopic (exact) mass is 300 g/mol. The second-order valence-electron chi connectivity index (χ2n) is 4.83. The molecule has 114 valence electrons. The molecule has 1 atom stereocenters. The first-order valence-corrected chi connectivity index (χ1v) is 7.18. The van der Waals surface area contributed by atoms with Gasteiger partial charge in [-0.15, -0.1) is 0 Å². The van der Waals surface area contributed by atoms with E-state index in [2.05, 4.69) is 23.2 Å². The number of likely N-dealkylation sites (N-methyl/N-ethyl adjacent to an activating group) is 1. The summed E-state index contributed by atoms with van der Waals surface area (Å²) in [5.41, 5.74) is 2.24. The van der Waals surface area contributed by atoms with Gasteiger partial charge in [-0.1, -0.05) is 23.7 Å². The summed E-state index contributed by atoms with van der Waals surface area (Å²) < 4.78 is 10.3. The summed E-state index contributed by atoms with van der Waals surface area (Å²) in [4.78, 5) is 2.17. The zero-order valence-corrected chi connectivity index (χ0v) is 13.5. The first kappa shape index (κ1) is 17.2. The van der Waals surface area contributed by atoms with Crippen LogP contribution in [0.15, 0.2) is 18.2 Å². The van der Waals surface area contributed by atoms with Crippen molar-refractivity contribution in [1.82, 2.24) is 5.32 Å². The van der Waals surface area contributed by atoms with E-state index in [0.29, 0.717) is 13.2 Å². The summed E-state index contributed by atoms with van der Waals surface area (Å²) in [6, 6.07) is 6.26. The number of rotatable bonds is 9. The molecule has 0 saturated carbocycles. The van der Waals surface area contributed by atoms with Crippen molar-refractivity contribution in [1.29, 1.82) is 0 Å². The third-order valence-corrected chi connectivity index (χ3v) is 3.60. The van der Waals surface area contributed by atoms with Gasteiger partial charge in [0, 0.05) is 40.4 Å². The fourth-order valence-electron chi connectivity index (χ4n) is 2.07. The molecule has 0 bridgehead atoms. The molecular weight excluding hydrogens is 276 g/mol. The van der Waals surface area contributed by atoms with Crippen LogP contribution in [0.5, 0.6) is 0 Å². The highest BCUT2D eigenvalue weighted by atomic mass is 35.5. The molecule has 4 nitrogen and oxygen atoms in total. The van der Waals surface area contributed by atoms with Crippen LogP contribution in [-0.4, -0.2) is 47.1 Å². The molecule has 0 aliphatic heterocycles. The molecule has 0 aliphatic carbocycles. The lowest BCUT2D eigenvalue weighted by Gasteiger charge is -2.29. The third kappa shape index (κ3) is 4.94. The quantitative estimate of drug-likeness (QED) is 0.711. The molecule has 0 radical (unpaired) electrons. The molecule has 20 heavy (non-hydrogen) atoms. The highest BCUT2D eigenvalue weighted by molar-refractivity contribution is 6.33. The number of halogens is 1. The Morgan fingerprint density at radius 1 is 1.30 bits per heavy atom. The number of ether oxygens (including phenoxy) is 2. The summed E-state index contributed by atoms with van der Waals surface area (Å²) in [6.45, 7) is 5.07. The van der Waals surface area contributed by atoms with Crippen LogP contribution in [0.4, 0.5) is 5.69 Å². The van der Waals surface area contributed by atoms with E-state index in [1.54, 1.807) is 14.2 Å². The Morgan fingerprint density at radius 2 is 2.05 bits per heavy atom. The van der Waals surface area contributed by atoms with Crippen molar-refractivity contribution >= 4 is 17.3 Å². The van der Waals surface area contributed by atoms with Gasteiger partial charge in [0.2, 0.25) is 0 Å². The number of nitrogens with zero attached hydrogens (tertiary/aromatic N) is 1. The maximum atomic E-state index is 6.37. The summed E-state index contributed by atoms with van der Waals surface area (Å²) in [5, 5.41) is 4.12. The van der Waals surface area contributed by atoms with Crippen molar-refractivity contribution < 1.29 is 9.47 Å². The average molecular weight is 301 g/mol. The SMILES string of the molecule is COCCNCc1cccc(Cl)c1N(C)C(C)COC. The molecule has 0 heterocycles. The van der Waals surface area contributed by atoms with E-state index in [4.69, 9.17) is 21.1 Å². The predicted octanol–water partition coefficient (Wildman–Crippen LogP) is 2.55. The Morgan fingerprint density at radius 3 is 2.70 bits per heavy atom. The van der Waals surface area contributed by atoms with Gasteiger partial charge in [-0.2, -0.15) is 0 Å². The van der Waals surface area contributed by atoms with Crippen LogP contribution < -0.4 is 10.2 Å². The number of methoxy groups -OCH3 is 2. The molecule has 5 heteroatoms. The van der Waals surface area contributed by atoms with Gasteiger partial charge in [0.05, 0.1) is 23.9 Å². The Bertz CT molecular complexity index is 401. The number of anilines is 1. The van der Waals surface area contributed by atoms with Gasteiger partial charge in [-0.05, 0) is 18.6 Å². The minimum atomic E-state index is 0.262. The molecule has 1 aromatic carbocycles. The first-order chi connectivity index (χ1) is 9.61. The number of para-hydroxylation sites is 1. The molecule has 0 aliphatic rings. The maximum absolute atomic E-state index is 6.37. The fourth-order valence-corrected chi connectivity index (χ4v) is 2.40. The summed E-state index contributed by atoms with van der Waals surface area (Å²) in [5.74, 6) is 0. The van der Waals surface area contributed by atoms with Crippen LogP contribution in [0.3, 0.4) is 0 Å². The average Bonchev–Trinajstić information content (AvgIpc) is 2.43. The normalized spacial score (nSPS) is 12.4. The number of benzene rings is 1. The first-order valence-electron chi connectivity index (χ1n) is 6.80. The number of hydrogen-bond donors (Lipinski definition) is 1. The van der Waals surface area contributed by atoms with E-state index in [1.165, 1.54) is 5.56 Å². The minimum absolute atomic E-state index is 0.262. The lowest BCUT2D eigenvalue weighted by Crippen LogP contribution is -2.34. The van der Waals surface area contributed by atoms with Crippen molar-refractivity contribution in [3.8, 4) is 0 Å². The van der Waals surface area contributed by atoms with Crippen LogP contribution in [0.1, 0.15) is 12.5 Å². The van der Waals surface area contributed by atoms with Crippen molar-refractivity contribution in [2.45, 2.75) is 19.5 Å². The molecule has 1 rings (SSSR count). The highest BCUT2D eigenvalue weighted by Gasteiger charge is 2.16. The number of nitrogens with one attached hydrogen (secondary N) is 1. The van der Waals surface area contributed by atoms with E-state index in [9.17, 15) is 0 Å².